The van der Waals surface area contributed by atoms with Gasteiger partial charge in [0, 0.05) is 36.7 Å². The fourth-order valence-corrected chi connectivity index (χ4v) is 3.81. The lowest BCUT2D eigenvalue weighted by Crippen LogP contribution is -2.54. The number of carbonyl (C=O) groups is 1. The van der Waals surface area contributed by atoms with Crippen LogP contribution in [0.15, 0.2) is 18.2 Å². The summed E-state index contributed by atoms with van der Waals surface area (Å²) in [6.07, 6.45) is 1.68. The van der Waals surface area contributed by atoms with Gasteiger partial charge in [-0.1, -0.05) is 6.92 Å². The Labute approximate surface area is 139 Å². The Morgan fingerprint density at radius 1 is 1.57 bits per heavy atom. The highest BCUT2D eigenvalue weighted by Crippen LogP contribution is 2.41. The lowest BCUT2D eigenvalue weighted by Gasteiger charge is -2.45. The number of amides is 1. The number of nitro groups is 1. The molecular formula is C15H21N3O4S. The number of rotatable bonds is 7. The molecule has 1 aliphatic rings. The molecule has 1 amide bonds. The van der Waals surface area contributed by atoms with Crippen molar-refractivity contribution in [2.75, 3.05) is 24.7 Å². The minimum absolute atomic E-state index is 0.143. The molecule has 2 rings (SSSR count). The van der Waals surface area contributed by atoms with Crippen molar-refractivity contribution in [3.63, 3.8) is 0 Å². The molecule has 0 bridgehead atoms. The molecule has 3 N–H and O–H groups in total. The molecule has 1 fully saturated rings. The van der Waals surface area contributed by atoms with Crippen LogP contribution in [0.3, 0.4) is 0 Å². The van der Waals surface area contributed by atoms with E-state index < -0.39 is 16.4 Å². The number of thioether (sulfide) groups is 1. The average Bonchev–Trinajstić information content (AvgIpc) is 2.55. The monoisotopic (exact) mass is 339 g/mol. The SMILES string of the molecule is CCSC1CCC1(O)CNc1ccc([N+](=O)[O-])cc1C(=O)NC. The first-order valence-electron chi connectivity index (χ1n) is 7.49. The molecule has 8 heteroatoms. The molecule has 1 aromatic rings. The summed E-state index contributed by atoms with van der Waals surface area (Å²) in [7, 11) is 1.47. The van der Waals surface area contributed by atoms with Crippen LogP contribution in [0.25, 0.3) is 0 Å². The van der Waals surface area contributed by atoms with Crippen molar-refractivity contribution in [3.05, 3.63) is 33.9 Å². The van der Waals surface area contributed by atoms with Crippen molar-refractivity contribution < 1.29 is 14.8 Å². The molecule has 0 spiro atoms. The van der Waals surface area contributed by atoms with E-state index in [2.05, 4.69) is 17.6 Å². The topological polar surface area (TPSA) is 104 Å². The van der Waals surface area contributed by atoms with Gasteiger partial charge in [0.25, 0.3) is 11.6 Å². The van der Waals surface area contributed by atoms with Crippen LogP contribution in [0.2, 0.25) is 0 Å². The third-order valence-corrected chi connectivity index (χ3v) is 5.49. The molecule has 1 aliphatic carbocycles. The van der Waals surface area contributed by atoms with Crippen LogP contribution < -0.4 is 10.6 Å². The van der Waals surface area contributed by atoms with Crippen molar-refractivity contribution in [3.8, 4) is 0 Å². The van der Waals surface area contributed by atoms with E-state index in [4.69, 9.17) is 0 Å². The van der Waals surface area contributed by atoms with Gasteiger partial charge >= 0.3 is 0 Å². The Morgan fingerprint density at radius 3 is 2.83 bits per heavy atom. The first kappa shape index (κ1) is 17.6. The number of carbonyl (C=O) groups excluding carboxylic acids is 1. The lowest BCUT2D eigenvalue weighted by atomic mass is 9.79. The molecule has 7 nitrogen and oxygen atoms in total. The normalized spacial score (nSPS) is 23.0. The summed E-state index contributed by atoms with van der Waals surface area (Å²) < 4.78 is 0. The van der Waals surface area contributed by atoms with E-state index in [1.807, 2.05) is 0 Å². The number of hydrogen-bond donors (Lipinski definition) is 3. The van der Waals surface area contributed by atoms with Gasteiger partial charge in [-0.3, -0.25) is 14.9 Å². The molecule has 0 radical (unpaired) electrons. The number of non-ortho nitro benzene ring substituents is 1. The number of nitro benzene ring substituents is 1. The van der Waals surface area contributed by atoms with Gasteiger partial charge in [0.15, 0.2) is 0 Å². The molecular weight excluding hydrogens is 318 g/mol. The molecule has 0 heterocycles. The Bertz CT molecular complexity index is 610. The third kappa shape index (κ3) is 3.76. The quantitative estimate of drug-likeness (QED) is 0.518. The van der Waals surface area contributed by atoms with E-state index in [0.717, 1.165) is 12.2 Å². The number of anilines is 1. The van der Waals surface area contributed by atoms with E-state index in [9.17, 15) is 20.0 Å². The predicted octanol–water partition coefficient (Wildman–Crippen LogP) is 2.01. The van der Waals surface area contributed by atoms with Gasteiger partial charge in [-0.25, -0.2) is 0 Å². The molecule has 126 valence electrons. The molecule has 23 heavy (non-hydrogen) atoms. The average molecular weight is 339 g/mol. The van der Waals surface area contributed by atoms with Gasteiger partial charge in [0.2, 0.25) is 0 Å². The molecule has 1 aromatic carbocycles. The van der Waals surface area contributed by atoms with E-state index in [1.54, 1.807) is 11.8 Å². The Morgan fingerprint density at radius 2 is 2.30 bits per heavy atom. The van der Waals surface area contributed by atoms with Gasteiger partial charge in [-0.05, 0) is 24.7 Å². The zero-order valence-electron chi connectivity index (χ0n) is 13.2. The van der Waals surface area contributed by atoms with E-state index in [-0.39, 0.29) is 16.5 Å². The summed E-state index contributed by atoms with van der Waals surface area (Å²) in [5.41, 5.74) is -0.265. The standard InChI is InChI=1S/C15H21N3O4S/c1-3-23-13-6-7-15(13,20)9-17-12-5-4-10(18(21)22)8-11(12)14(19)16-2/h4-5,8,13,17,20H,3,6-7,9H2,1-2H3,(H,16,19). The fourth-order valence-electron chi connectivity index (χ4n) is 2.61. The number of aliphatic hydroxyl groups is 1. The zero-order chi connectivity index (χ0) is 17.0. The van der Waals surface area contributed by atoms with Crippen LogP contribution in [0, 0.1) is 10.1 Å². The smallest absolute Gasteiger partial charge is 0.270 e. The van der Waals surface area contributed by atoms with Gasteiger partial charge in [-0.15, -0.1) is 0 Å². The Hall–Kier alpha value is -1.80. The lowest BCUT2D eigenvalue weighted by molar-refractivity contribution is -0.384. The number of hydrogen-bond acceptors (Lipinski definition) is 6. The fraction of sp³-hybridized carbons (Fsp3) is 0.533. The molecule has 2 atom stereocenters. The van der Waals surface area contributed by atoms with Crippen LogP contribution in [0.4, 0.5) is 11.4 Å². The van der Waals surface area contributed by atoms with Crippen molar-refractivity contribution >= 4 is 29.0 Å². The van der Waals surface area contributed by atoms with Crippen LogP contribution in [-0.4, -0.2) is 46.1 Å². The number of benzene rings is 1. The molecule has 1 saturated carbocycles. The highest BCUT2D eigenvalue weighted by atomic mass is 32.2. The third-order valence-electron chi connectivity index (χ3n) is 4.08. The zero-order valence-corrected chi connectivity index (χ0v) is 14.0. The highest BCUT2D eigenvalue weighted by molar-refractivity contribution is 8.00. The maximum absolute atomic E-state index is 11.9. The van der Waals surface area contributed by atoms with E-state index in [1.165, 1.54) is 25.2 Å². The minimum atomic E-state index is -0.803. The maximum atomic E-state index is 11.9. The molecule has 2 unspecified atom stereocenters. The Kier molecular flexibility index (Phi) is 5.48. The van der Waals surface area contributed by atoms with Crippen molar-refractivity contribution in [1.29, 1.82) is 0 Å². The highest BCUT2D eigenvalue weighted by Gasteiger charge is 2.45. The largest absolute Gasteiger partial charge is 0.387 e. The van der Waals surface area contributed by atoms with Gasteiger partial charge in [0.1, 0.15) is 0 Å². The van der Waals surface area contributed by atoms with Crippen molar-refractivity contribution in [1.82, 2.24) is 5.32 Å². The maximum Gasteiger partial charge on any atom is 0.270 e. The second-order valence-electron chi connectivity index (χ2n) is 5.51. The molecule has 0 aromatic heterocycles. The van der Waals surface area contributed by atoms with Gasteiger partial charge in [0.05, 0.1) is 16.1 Å². The minimum Gasteiger partial charge on any atom is -0.387 e. The first-order chi connectivity index (χ1) is 10.9. The summed E-state index contributed by atoms with van der Waals surface area (Å²) >= 11 is 1.72. The second-order valence-corrected chi connectivity index (χ2v) is 6.99. The van der Waals surface area contributed by atoms with Crippen LogP contribution >= 0.6 is 11.8 Å². The Balaban J connectivity index is 2.16. The van der Waals surface area contributed by atoms with Crippen LogP contribution in [0.1, 0.15) is 30.1 Å². The van der Waals surface area contributed by atoms with Crippen molar-refractivity contribution in [2.45, 2.75) is 30.6 Å². The summed E-state index contributed by atoms with van der Waals surface area (Å²) in [6, 6.07) is 4.09. The number of nitrogens with one attached hydrogen (secondary N) is 2. The number of nitrogens with zero attached hydrogens (tertiary/aromatic N) is 1. The van der Waals surface area contributed by atoms with Crippen LogP contribution in [0.5, 0.6) is 0 Å². The summed E-state index contributed by atoms with van der Waals surface area (Å²) in [5.74, 6) is 0.532. The second kappa shape index (κ2) is 7.18. The molecule has 0 aliphatic heterocycles. The van der Waals surface area contributed by atoms with Gasteiger partial charge in [-0.2, -0.15) is 11.8 Å². The van der Waals surface area contributed by atoms with Crippen molar-refractivity contribution in [2.24, 2.45) is 0 Å². The predicted molar refractivity (Wildman–Crippen MR) is 91.1 cm³/mol. The van der Waals surface area contributed by atoms with E-state index >= 15 is 0 Å². The van der Waals surface area contributed by atoms with E-state index in [0.29, 0.717) is 18.7 Å². The molecule has 0 saturated heterocycles. The summed E-state index contributed by atoms with van der Waals surface area (Å²) in [6.45, 7) is 2.36. The van der Waals surface area contributed by atoms with Gasteiger partial charge < -0.3 is 15.7 Å². The first-order valence-corrected chi connectivity index (χ1v) is 8.54. The van der Waals surface area contributed by atoms with Crippen LogP contribution in [-0.2, 0) is 0 Å². The summed E-state index contributed by atoms with van der Waals surface area (Å²) in [4.78, 5) is 22.3. The summed E-state index contributed by atoms with van der Waals surface area (Å²) in [5, 5.41) is 27.2.